The molecule has 5 heteroatoms. The van der Waals surface area contributed by atoms with Gasteiger partial charge in [0.2, 0.25) is 0 Å². The minimum atomic E-state index is -1.02. The van der Waals surface area contributed by atoms with Crippen molar-refractivity contribution in [3.05, 3.63) is 0 Å². The molecule has 1 heterocycles. The highest BCUT2D eigenvalue weighted by atomic mass is 19.1. The standard InChI is InChI=1S/C7H13FN2O2/c1-12-7(11)10-3-5(8)2-6(9)4-10/h5-6H,2-4,9H2,1H3/t5-,6-/m1/s1. The van der Waals surface area contributed by atoms with Gasteiger partial charge in [-0.15, -0.1) is 0 Å². The van der Waals surface area contributed by atoms with Crippen LogP contribution in [0.3, 0.4) is 0 Å². The van der Waals surface area contributed by atoms with Crippen molar-refractivity contribution in [3.63, 3.8) is 0 Å². The molecule has 1 saturated heterocycles. The van der Waals surface area contributed by atoms with E-state index in [9.17, 15) is 9.18 Å². The van der Waals surface area contributed by atoms with E-state index in [4.69, 9.17) is 5.73 Å². The maximum absolute atomic E-state index is 12.9. The number of nitrogens with two attached hydrogens (primary N) is 1. The van der Waals surface area contributed by atoms with Crippen LogP contribution in [0.1, 0.15) is 6.42 Å². The molecule has 2 N–H and O–H groups in total. The third-order valence-corrected chi connectivity index (χ3v) is 1.86. The molecule has 12 heavy (non-hydrogen) atoms. The summed E-state index contributed by atoms with van der Waals surface area (Å²) in [4.78, 5) is 12.2. The van der Waals surface area contributed by atoms with E-state index in [2.05, 4.69) is 4.74 Å². The zero-order chi connectivity index (χ0) is 9.14. The molecule has 70 valence electrons. The second-order valence-corrected chi connectivity index (χ2v) is 2.97. The predicted molar refractivity (Wildman–Crippen MR) is 41.5 cm³/mol. The number of carbonyl (C=O) groups is 1. The van der Waals surface area contributed by atoms with Crippen LogP contribution in [0.4, 0.5) is 9.18 Å². The first-order valence-corrected chi connectivity index (χ1v) is 3.86. The summed E-state index contributed by atoms with van der Waals surface area (Å²) in [6.45, 7) is 0.480. The van der Waals surface area contributed by atoms with Gasteiger partial charge in [0.25, 0.3) is 0 Å². The number of hydrogen-bond acceptors (Lipinski definition) is 3. The molecule has 0 saturated carbocycles. The molecule has 0 radical (unpaired) electrons. The van der Waals surface area contributed by atoms with Crippen LogP contribution < -0.4 is 5.73 Å². The molecule has 1 aliphatic heterocycles. The van der Waals surface area contributed by atoms with Crippen molar-refractivity contribution in [3.8, 4) is 0 Å². The molecule has 0 aliphatic carbocycles. The predicted octanol–water partition coefficient (Wildman–Crippen LogP) is 0.124. The lowest BCUT2D eigenvalue weighted by Gasteiger charge is -2.31. The minimum absolute atomic E-state index is 0.0976. The highest BCUT2D eigenvalue weighted by Crippen LogP contribution is 2.12. The van der Waals surface area contributed by atoms with E-state index in [0.717, 1.165) is 0 Å². The minimum Gasteiger partial charge on any atom is -0.453 e. The molecular weight excluding hydrogens is 163 g/mol. The molecular formula is C7H13FN2O2. The van der Waals surface area contributed by atoms with E-state index in [1.807, 2.05) is 0 Å². The highest BCUT2D eigenvalue weighted by molar-refractivity contribution is 5.67. The Morgan fingerprint density at radius 2 is 2.33 bits per heavy atom. The van der Waals surface area contributed by atoms with Gasteiger partial charge in [0.05, 0.1) is 13.7 Å². The van der Waals surface area contributed by atoms with Gasteiger partial charge in [0.15, 0.2) is 0 Å². The van der Waals surface area contributed by atoms with Crippen LogP contribution in [0.2, 0.25) is 0 Å². The fourth-order valence-corrected chi connectivity index (χ4v) is 1.35. The van der Waals surface area contributed by atoms with Crippen LogP contribution in [-0.4, -0.2) is 43.4 Å². The van der Waals surface area contributed by atoms with Gasteiger partial charge in [-0.05, 0) is 6.42 Å². The second kappa shape index (κ2) is 3.71. The van der Waals surface area contributed by atoms with Gasteiger partial charge in [0, 0.05) is 12.6 Å². The first kappa shape index (κ1) is 9.25. The average molecular weight is 176 g/mol. The molecule has 0 aromatic carbocycles. The summed E-state index contributed by atoms with van der Waals surface area (Å²) >= 11 is 0. The van der Waals surface area contributed by atoms with Crippen molar-refractivity contribution in [2.24, 2.45) is 5.73 Å². The van der Waals surface area contributed by atoms with E-state index in [1.54, 1.807) is 0 Å². The second-order valence-electron chi connectivity index (χ2n) is 2.97. The summed E-state index contributed by atoms with van der Waals surface area (Å²) in [5.41, 5.74) is 5.52. The van der Waals surface area contributed by atoms with E-state index >= 15 is 0 Å². The number of alkyl halides is 1. The van der Waals surface area contributed by atoms with Crippen molar-refractivity contribution >= 4 is 6.09 Å². The average Bonchev–Trinajstić information content (AvgIpc) is 2.01. The van der Waals surface area contributed by atoms with Crippen LogP contribution in [0.25, 0.3) is 0 Å². The third kappa shape index (κ3) is 2.07. The number of amides is 1. The van der Waals surface area contributed by atoms with Crippen molar-refractivity contribution < 1.29 is 13.9 Å². The monoisotopic (exact) mass is 176 g/mol. The van der Waals surface area contributed by atoms with Crippen LogP contribution in [0.5, 0.6) is 0 Å². The number of carbonyl (C=O) groups excluding carboxylic acids is 1. The van der Waals surface area contributed by atoms with Crippen molar-refractivity contribution in [1.82, 2.24) is 4.90 Å². The molecule has 0 aromatic rings. The van der Waals surface area contributed by atoms with Gasteiger partial charge >= 0.3 is 6.09 Å². The van der Waals surface area contributed by atoms with E-state index < -0.39 is 12.3 Å². The quantitative estimate of drug-likeness (QED) is 0.570. The molecule has 2 atom stereocenters. The van der Waals surface area contributed by atoms with Crippen molar-refractivity contribution in [1.29, 1.82) is 0 Å². The molecule has 0 aromatic heterocycles. The Morgan fingerprint density at radius 3 is 2.83 bits per heavy atom. The first-order chi connectivity index (χ1) is 5.63. The first-order valence-electron chi connectivity index (χ1n) is 3.86. The third-order valence-electron chi connectivity index (χ3n) is 1.86. The van der Waals surface area contributed by atoms with Gasteiger partial charge < -0.3 is 15.4 Å². The van der Waals surface area contributed by atoms with Crippen molar-refractivity contribution in [2.75, 3.05) is 20.2 Å². The zero-order valence-corrected chi connectivity index (χ0v) is 7.00. The maximum Gasteiger partial charge on any atom is 0.409 e. The number of methoxy groups -OCH3 is 1. The number of likely N-dealkylation sites (tertiary alicyclic amines) is 1. The molecule has 4 nitrogen and oxygen atoms in total. The summed E-state index contributed by atoms with van der Waals surface area (Å²) in [5.74, 6) is 0. The molecule has 0 spiro atoms. The number of hydrogen-bond donors (Lipinski definition) is 1. The summed E-state index contributed by atoms with van der Waals surface area (Å²) < 4.78 is 17.3. The summed E-state index contributed by atoms with van der Waals surface area (Å²) in [6.07, 6.45) is -1.20. The van der Waals surface area contributed by atoms with Crippen LogP contribution in [-0.2, 0) is 4.74 Å². The molecule has 1 rings (SSSR count). The van der Waals surface area contributed by atoms with Gasteiger partial charge in [0.1, 0.15) is 6.17 Å². The lowest BCUT2D eigenvalue weighted by molar-refractivity contribution is 0.0853. The zero-order valence-electron chi connectivity index (χ0n) is 7.00. The molecule has 1 fully saturated rings. The Labute approximate surface area is 70.5 Å². The lowest BCUT2D eigenvalue weighted by Crippen LogP contribution is -2.50. The Hall–Kier alpha value is -0.840. The smallest absolute Gasteiger partial charge is 0.409 e. The highest BCUT2D eigenvalue weighted by Gasteiger charge is 2.28. The number of ether oxygens (including phenoxy) is 1. The fourth-order valence-electron chi connectivity index (χ4n) is 1.35. The largest absolute Gasteiger partial charge is 0.453 e. The Bertz CT molecular complexity index is 167. The number of piperidine rings is 1. The maximum atomic E-state index is 12.9. The number of rotatable bonds is 0. The topological polar surface area (TPSA) is 55.6 Å². The van der Waals surface area contributed by atoms with Crippen molar-refractivity contribution in [2.45, 2.75) is 18.6 Å². The Morgan fingerprint density at radius 1 is 1.67 bits per heavy atom. The molecule has 1 amide bonds. The van der Waals surface area contributed by atoms with E-state index in [1.165, 1.54) is 12.0 Å². The molecule has 0 unspecified atom stereocenters. The van der Waals surface area contributed by atoms with Crippen LogP contribution in [0, 0.1) is 0 Å². The summed E-state index contributed by atoms with van der Waals surface area (Å²) in [7, 11) is 1.27. The summed E-state index contributed by atoms with van der Waals surface area (Å²) in [6, 6.07) is -0.271. The van der Waals surface area contributed by atoms with Gasteiger partial charge in [-0.3, -0.25) is 0 Å². The number of halogens is 1. The Kier molecular flexibility index (Phi) is 2.86. The van der Waals surface area contributed by atoms with Gasteiger partial charge in [-0.25, -0.2) is 9.18 Å². The van der Waals surface area contributed by atoms with E-state index in [-0.39, 0.29) is 12.6 Å². The fraction of sp³-hybridized carbons (Fsp3) is 0.857. The molecule has 0 bridgehead atoms. The van der Waals surface area contributed by atoms with E-state index in [0.29, 0.717) is 13.0 Å². The summed E-state index contributed by atoms with van der Waals surface area (Å²) in [5, 5.41) is 0. The van der Waals surface area contributed by atoms with Crippen LogP contribution in [0.15, 0.2) is 0 Å². The van der Waals surface area contributed by atoms with Gasteiger partial charge in [-0.2, -0.15) is 0 Å². The molecule has 1 aliphatic rings. The Balaban J connectivity index is 2.49. The number of nitrogens with zero attached hydrogens (tertiary/aromatic N) is 1. The lowest BCUT2D eigenvalue weighted by atomic mass is 10.1. The normalized spacial score (nSPS) is 30.1. The SMILES string of the molecule is COC(=O)N1C[C@H](N)C[C@@H](F)C1. The van der Waals surface area contributed by atoms with Gasteiger partial charge in [-0.1, -0.05) is 0 Å². The van der Waals surface area contributed by atoms with Crippen LogP contribution >= 0.6 is 0 Å².